The van der Waals surface area contributed by atoms with Crippen LogP contribution < -0.4 is 14.9 Å². The average molecular weight is 615 g/mol. The number of hydrogen-bond donors (Lipinski definition) is 2. The summed E-state index contributed by atoms with van der Waals surface area (Å²) in [7, 11) is -8.36. The second-order valence-corrected chi connectivity index (χ2v) is 14.0. The van der Waals surface area contributed by atoms with E-state index in [4.69, 9.17) is 10.5 Å². The molecule has 0 aromatic heterocycles. The molecule has 0 bridgehead atoms. The molecule has 2 aromatic rings. The van der Waals surface area contributed by atoms with Crippen LogP contribution in [-0.2, 0) is 24.8 Å². The Morgan fingerprint density at radius 3 is 1.93 bits per heavy atom. The molecular formula is C27H36F2N4O6S2. The Labute approximate surface area is 240 Å². The Hall–Kier alpha value is -3.49. The fourth-order valence-corrected chi connectivity index (χ4v) is 5.52. The number of rotatable bonds is 10. The smallest absolute Gasteiger partial charge is 0.430 e. The summed E-state index contributed by atoms with van der Waals surface area (Å²) in [4.78, 5) is 13.6. The van der Waals surface area contributed by atoms with Crippen molar-refractivity contribution >= 4 is 49.7 Å². The number of nitrogens with one attached hydrogen (secondary N) is 1. The number of hydrogen-bond acceptors (Lipinski definition) is 7. The maximum Gasteiger partial charge on any atom is 0.430 e. The van der Waals surface area contributed by atoms with Gasteiger partial charge in [0.15, 0.2) is 5.82 Å². The molecule has 0 saturated heterocycles. The van der Waals surface area contributed by atoms with Gasteiger partial charge >= 0.3 is 6.09 Å². The van der Waals surface area contributed by atoms with E-state index in [1.54, 1.807) is 27.7 Å². The quantitative estimate of drug-likeness (QED) is 0.345. The minimum absolute atomic E-state index is 0.00608. The Morgan fingerprint density at radius 2 is 1.49 bits per heavy atom. The molecule has 0 heterocycles. The van der Waals surface area contributed by atoms with E-state index in [1.165, 1.54) is 31.2 Å². The summed E-state index contributed by atoms with van der Waals surface area (Å²) in [5, 5.41) is 0.642. The first kappa shape index (κ1) is 33.7. The standard InChI is InChI=1S/C27H36F2N4O6S2/c1-10-18-12-21(15-22(28)24(18)31-40(8,35)36)17(4)32(26(34)39-27(5,6)7)33(41(9,37)38)25-19(11-2)13-20(16(3)30)14-23(25)29/h10-17,31H,1-2,30H2,3-9H3. The molecular weight excluding hydrogens is 578 g/mol. The summed E-state index contributed by atoms with van der Waals surface area (Å²) in [6, 6.07) is 2.80. The molecule has 0 fully saturated rings. The third-order valence-corrected chi connectivity index (χ3v) is 7.20. The van der Waals surface area contributed by atoms with E-state index in [1.807, 2.05) is 0 Å². The van der Waals surface area contributed by atoms with E-state index in [9.17, 15) is 21.6 Å². The molecule has 0 aliphatic heterocycles. The predicted molar refractivity (Wildman–Crippen MR) is 158 cm³/mol. The van der Waals surface area contributed by atoms with Crippen LogP contribution in [0.2, 0.25) is 0 Å². The van der Waals surface area contributed by atoms with Crippen molar-refractivity contribution in [3.63, 3.8) is 0 Å². The van der Waals surface area contributed by atoms with Crippen molar-refractivity contribution < 1.29 is 35.1 Å². The Bertz CT molecular complexity index is 1570. The fourth-order valence-electron chi connectivity index (χ4n) is 3.88. The molecule has 41 heavy (non-hydrogen) atoms. The maximum atomic E-state index is 15.7. The highest BCUT2D eigenvalue weighted by Crippen LogP contribution is 2.37. The monoisotopic (exact) mass is 614 g/mol. The van der Waals surface area contributed by atoms with Crippen LogP contribution in [0.1, 0.15) is 69.0 Å². The van der Waals surface area contributed by atoms with Gasteiger partial charge in [0.25, 0.3) is 0 Å². The summed E-state index contributed by atoms with van der Waals surface area (Å²) in [6.07, 6.45) is 2.80. The van der Waals surface area contributed by atoms with Crippen molar-refractivity contribution in [2.75, 3.05) is 21.6 Å². The number of amides is 1. The second kappa shape index (κ2) is 12.2. The number of ether oxygens (including phenoxy) is 1. The van der Waals surface area contributed by atoms with Crippen molar-refractivity contribution in [2.45, 2.75) is 52.3 Å². The van der Waals surface area contributed by atoms with Crippen molar-refractivity contribution in [3.05, 3.63) is 71.3 Å². The van der Waals surface area contributed by atoms with E-state index < -0.39 is 66.8 Å². The molecule has 14 heteroatoms. The number of nitrogens with two attached hydrogens (primary N) is 1. The maximum absolute atomic E-state index is 15.7. The molecule has 0 aliphatic carbocycles. The number of sulfonamides is 2. The zero-order valence-corrected chi connectivity index (χ0v) is 25.7. The van der Waals surface area contributed by atoms with E-state index in [-0.39, 0.29) is 16.7 Å². The summed E-state index contributed by atoms with van der Waals surface area (Å²) >= 11 is 0. The summed E-state index contributed by atoms with van der Waals surface area (Å²) in [5.74, 6) is -2.05. The lowest BCUT2D eigenvalue weighted by Gasteiger charge is -2.40. The molecule has 1 amide bonds. The van der Waals surface area contributed by atoms with E-state index in [0.717, 1.165) is 24.6 Å². The molecule has 2 rings (SSSR count). The van der Waals surface area contributed by atoms with E-state index in [2.05, 4.69) is 17.9 Å². The SMILES string of the molecule is C=Cc1cc(C(C)N(C(=O)OC(C)(C)C)N(c2c(F)cc(C(C)N)cc2C=C)S(C)(=O)=O)cc(F)c1NS(C)(=O)=O. The van der Waals surface area contributed by atoms with Crippen molar-refractivity contribution in [1.82, 2.24) is 5.01 Å². The van der Waals surface area contributed by atoms with Gasteiger partial charge in [-0.05, 0) is 70.0 Å². The Kier molecular flexibility index (Phi) is 10.0. The normalized spacial score (nSPS) is 13.6. The van der Waals surface area contributed by atoms with Gasteiger partial charge in [-0.25, -0.2) is 30.4 Å². The van der Waals surface area contributed by atoms with Gasteiger partial charge in [-0.3, -0.25) is 4.72 Å². The van der Waals surface area contributed by atoms with Crippen molar-refractivity contribution in [3.8, 4) is 0 Å². The molecule has 0 saturated carbocycles. The highest BCUT2D eigenvalue weighted by Gasteiger charge is 2.39. The average Bonchev–Trinajstić information content (AvgIpc) is 2.80. The van der Waals surface area contributed by atoms with Crippen LogP contribution in [0, 0.1) is 11.6 Å². The number of halogens is 2. The Morgan fingerprint density at radius 1 is 0.976 bits per heavy atom. The molecule has 10 nitrogen and oxygen atoms in total. The third-order valence-electron chi connectivity index (χ3n) is 5.64. The summed E-state index contributed by atoms with van der Waals surface area (Å²) < 4.78 is 89.2. The number of carbonyl (C=O) groups is 1. The number of benzene rings is 2. The van der Waals surface area contributed by atoms with Gasteiger partial charge in [-0.15, -0.1) is 0 Å². The van der Waals surface area contributed by atoms with Gasteiger partial charge < -0.3 is 10.5 Å². The third kappa shape index (κ3) is 8.27. The number of hydrazine groups is 1. The lowest BCUT2D eigenvalue weighted by atomic mass is 10.0. The van der Waals surface area contributed by atoms with Crippen LogP contribution in [0.25, 0.3) is 12.2 Å². The molecule has 2 unspecified atom stereocenters. The van der Waals surface area contributed by atoms with Crippen LogP contribution >= 0.6 is 0 Å². The summed E-state index contributed by atoms with van der Waals surface area (Å²) in [5.41, 5.74) is 4.24. The van der Waals surface area contributed by atoms with Crippen LogP contribution in [-0.4, -0.2) is 46.1 Å². The molecule has 0 spiro atoms. The zero-order chi connectivity index (χ0) is 31.7. The first-order chi connectivity index (χ1) is 18.6. The van der Waals surface area contributed by atoms with Gasteiger partial charge in [0.05, 0.1) is 24.2 Å². The molecule has 0 radical (unpaired) electrons. The van der Waals surface area contributed by atoms with E-state index >= 15 is 8.78 Å². The predicted octanol–water partition coefficient (Wildman–Crippen LogP) is 5.32. The second-order valence-electron chi connectivity index (χ2n) is 10.5. The molecule has 2 aromatic carbocycles. The number of carbonyl (C=O) groups excluding carboxylic acids is 1. The Balaban J connectivity index is 2.94. The fraction of sp³-hybridized carbons (Fsp3) is 0.370. The lowest BCUT2D eigenvalue weighted by Crippen LogP contribution is -2.53. The van der Waals surface area contributed by atoms with Gasteiger partial charge in [0.1, 0.15) is 17.1 Å². The minimum Gasteiger partial charge on any atom is -0.442 e. The zero-order valence-electron chi connectivity index (χ0n) is 24.0. The first-order valence-electron chi connectivity index (χ1n) is 12.3. The van der Waals surface area contributed by atoms with Gasteiger partial charge in [0.2, 0.25) is 20.0 Å². The van der Waals surface area contributed by atoms with E-state index in [0.29, 0.717) is 15.0 Å². The van der Waals surface area contributed by atoms with Crippen LogP contribution in [0.4, 0.5) is 25.0 Å². The van der Waals surface area contributed by atoms with Gasteiger partial charge in [-0.1, -0.05) is 25.3 Å². The van der Waals surface area contributed by atoms with Crippen molar-refractivity contribution in [1.29, 1.82) is 0 Å². The number of nitrogens with zero attached hydrogens (tertiary/aromatic N) is 2. The molecule has 2 atom stereocenters. The minimum atomic E-state index is -4.48. The molecule has 226 valence electrons. The van der Waals surface area contributed by atoms with Crippen LogP contribution in [0.3, 0.4) is 0 Å². The molecule has 0 aliphatic rings. The van der Waals surface area contributed by atoms with Crippen LogP contribution in [0.5, 0.6) is 0 Å². The summed E-state index contributed by atoms with van der Waals surface area (Å²) in [6.45, 7) is 14.9. The largest absolute Gasteiger partial charge is 0.442 e. The van der Waals surface area contributed by atoms with Crippen molar-refractivity contribution in [2.24, 2.45) is 5.73 Å². The highest BCUT2D eigenvalue weighted by atomic mass is 32.2. The lowest BCUT2D eigenvalue weighted by molar-refractivity contribution is 0.0186. The van der Waals surface area contributed by atoms with Crippen LogP contribution in [0.15, 0.2) is 37.4 Å². The molecule has 3 N–H and O–H groups in total. The topological polar surface area (TPSA) is 139 Å². The highest BCUT2D eigenvalue weighted by molar-refractivity contribution is 7.92. The number of anilines is 2. The van der Waals surface area contributed by atoms with Gasteiger partial charge in [0, 0.05) is 17.2 Å². The van der Waals surface area contributed by atoms with Gasteiger partial charge in [-0.2, -0.15) is 9.42 Å². The first-order valence-corrected chi connectivity index (χ1v) is 16.0.